The zero-order valence-electron chi connectivity index (χ0n) is 25.2. The van der Waals surface area contributed by atoms with E-state index in [0.29, 0.717) is 30.2 Å². The van der Waals surface area contributed by atoms with Gasteiger partial charge >= 0.3 is 5.97 Å². The van der Waals surface area contributed by atoms with Gasteiger partial charge < -0.3 is 9.47 Å². The van der Waals surface area contributed by atoms with Crippen molar-refractivity contribution in [1.29, 1.82) is 0 Å². The number of amides is 2. The molecule has 0 aromatic rings. The molecule has 4 aliphatic carbocycles. The lowest BCUT2D eigenvalue weighted by Gasteiger charge is -2.58. The standard InChI is InChI=1S/C33H49NO5/c1-19(18-34(21(3)35)22(4)36)8-11-29-20(2)31-30(39-29)17-28-26-10-9-24-16-25(38-23(5)37)12-14-32(24,6)27(26)13-15-33(28,31)7/h9,19,25-28,30-31H,8,10-18H2,1-7H3/t19-,25+,26+,27-,28+,30-,31+,32+,33-/m1/s1. The Balaban J connectivity index is 1.27. The summed E-state index contributed by atoms with van der Waals surface area (Å²) in [6, 6.07) is 0. The molecule has 0 saturated heterocycles. The van der Waals surface area contributed by atoms with Gasteiger partial charge in [-0.1, -0.05) is 32.4 Å². The van der Waals surface area contributed by atoms with Crippen LogP contribution in [0.5, 0.6) is 0 Å². The fourth-order valence-electron chi connectivity index (χ4n) is 9.81. The molecule has 0 radical (unpaired) electrons. The van der Waals surface area contributed by atoms with Gasteiger partial charge in [0.05, 0.1) is 5.76 Å². The molecule has 39 heavy (non-hydrogen) atoms. The van der Waals surface area contributed by atoms with E-state index >= 15 is 0 Å². The third-order valence-electron chi connectivity index (χ3n) is 11.7. The second-order valence-corrected chi connectivity index (χ2v) is 14.0. The lowest BCUT2D eigenvalue weighted by Crippen LogP contribution is -2.50. The van der Waals surface area contributed by atoms with Gasteiger partial charge in [-0.05, 0) is 91.9 Å². The van der Waals surface area contributed by atoms with Crippen LogP contribution in [0, 0.1) is 40.4 Å². The second kappa shape index (κ2) is 10.4. The first kappa shape index (κ1) is 28.4. The van der Waals surface area contributed by atoms with E-state index in [1.807, 2.05) is 0 Å². The van der Waals surface area contributed by atoms with E-state index in [-0.39, 0.29) is 46.7 Å². The van der Waals surface area contributed by atoms with Gasteiger partial charge in [-0.15, -0.1) is 0 Å². The zero-order chi connectivity index (χ0) is 28.3. The van der Waals surface area contributed by atoms with E-state index in [0.717, 1.165) is 50.7 Å². The van der Waals surface area contributed by atoms with Crippen LogP contribution in [-0.4, -0.2) is 41.4 Å². The Kier molecular flexibility index (Phi) is 7.56. The molecule has 3 fully saturated rings. The van der Waals surface area contributed by atoms with Crippen molar-refractivity contribution in [2.24, 2.45) is 40.4 Å². The Labute approximate surface area is 234 Å². The molecule has 5 aliphatic rings. The molecular formula is C33H49NO5. The van der Waals surface area contributed by atoms with E-state index in [9.17, 15) is 14.4 Å². The topological polar surface area (TPSA) is 72.9 Å². The fraction of sp³-hybridized carbons (Fsp3) is 0.788. The number of hydrogen-bond donors (Lipinski definition) is 0. The zero-order valence-corrected chi connectivity index (χ0v) is 25.2. The van der Waals surface area contributed by atoms with E-state index in [1.54, 1.807) is 5.57 Å². The summed E-state index contributed by atoms with van der Waals surface area (Å²) in [5, 5.41) is 0. The summed E-state index contributed by atoms with van der Waals surface area (Å²) in [5.41, 5.74) is 3.50. The Hall–Kier alpha value is -2.11. The average molecular weight is 540 g/mol. The normalized spacial score (nSPS) is 39.4. The van der Waals surface area contributed by atoms with Gasteiger partial charge in [0.2, 0.25) is 11.8 Å². The molecule has 0 spiro atoms. The molecule has 6 nitrogen and oxygen atoms in total. The van der Waals surface area contributed by atoms with Crippen molar-refractivity contribution < 1.29 is 23.9 Å². The molecule has 5 rings (SSSR count). The van der Waals surface area contributed by atoms with Crippen molar-refractivity contribution in [2.75, 3.05) is 6.54 Å². The van der Waals surface area contributed by atoms with Crippen LogP contribution in [0.15, 0.2) is 23.0 Å². The summed E-state index contributed by atoms with van der Waals surface area (Å²) < 4.78 is 12.4. The monoisotopic (exact) mass is 539 g/mol. The first-order valence-electron chi connectivity index (χ1n) is 15.4. The van der Waals surface area contributed by atoms with Crippen molar-refractivity contribution in [1.82, 2.24) is 4.90 Å². The maximum atomic E-state index is 11.8. The van der Waals surface area contributed by atoms with Gasteiger partial charge in [0.1, 0.15) is 12.2 Å². The van der Waals surface area contributed by atoms with Gasteiger partial charge in [0.15, 0.2) is 0 Å². The molecule has 216 valence electrons. The number of esters is 1. The van der Waals surface area contributed by atoms with Crippen molar-refractivity contribution in [3.05, 3.63) is 23.0 Å². The lowest BCUT2D eigenvalue weighted by atomic mass is 9.47. The maximum absolute atomic E-state index is 11.8. The molecule has 3 saturated carbocycles. The predicted molar refractivity (Wildman–Crippen MR) is 150 cm³/mol. The SMILES string of the molecule is CC(=O)O[C@H]1CC[C@@]2(C)C(=CC[C@H]3[C@H]2CC[C@]2(C)[C@H]3C[C@H]3OC(CC[C@@H](C)CN(C(C)=O)C(C)=O)=C(C)[C@@H]32)C1. The molecular weight excluding hydrogens is 490 g/mol. The quantitative estimate of drug-likeness (QED) is 0.281. The van der Waals surface area contributed by atoms with Crippen LogP contribution >= 0.6 is 0 Å². The van der Waals surface area contributed by atoms with E-state index in [4.69, 9.17) is 9.47 Å². The highest BCUT2D eigenvalue weighted by molar-refractivity contribution is 5.92. The average Bonchev–Trinajstić information content (AvgIpc) is 3.33. The van der Waals surface area contributed by atoms with Crippen molar-refractivity contribution in [3.8, 4) is 0 Å². The Morgan fingerprint density at radius 3 is 2.49 bits per heavy atom. The minimum absolute atomic E-state index is 0.0494. The lowest BCUT2D eigenvalue weighted by molar-refractivity contribution is -0.149. The van der Waals surface area contributed by atoms with E-state index in [2.05, 4.69) is 33.8 Å². The van der Waals surface area contributed by atoms with Crippen LogP contribution in [0.1, 0.15) is 106 Å². The van der Waals surface area contributed by atoms with E-state index in [1.165, 1.54) is 44.1 Å². The summed E-state index contributed by atoms with van der Waals surface area (Å²) in [4.78, 5) is 36.6. The smallest absolute Gasteiger partial charge is 0.302 e. The highest BCUT2D eigenvalue weighted by Crippen LogP contribution is 2.69. The van der Waals surface area contributed by atoms with Crippen LogP contribution in [0.4, 0.5) is 0 Å². The van der Waals surface area contributed by atoms with Gasteiger partial charge in [0, 0.05) is 46.1 Å². The third kappa shape index (κ3) is 4.88. The summed E-state index contributed by atoms with van der Waals surface area (Å²) in [6.07, 6.45) is 12.5. The minimum atomic E-state index is -0.179. The van der Waals surface area contributed by atoms with Crippen LogP contribution in [0.3, 0.4) is 0 Å². The molecule has 2 amide bonds. The maximum Gasteiger partial charge on any atom is 0.302 e. The Morgan fingerprint density at radius 2 is 1.82 bits per heavy atom. The van der Waals surface area contributed by atoms with Gasteiger partial charge in [-0.3, -0.25) is 19.3 Å². The summed E-state index contributed by atoms with van der Waals surface area (Å²) in [5.74, 6) is 3.48. The summed E-state index contributed by atoms with van der Waals surface area (Å²) in [6.45, 7) is 14.4. The molecule has 0 aromatic heterocycles. The summed E-state index contributed by atoms with van der Waals surface area (Å²) >= 11 is 0. The molecule has 0 N–H and O–H groups in total. The number of nitrogens with zero attached hydrogens (tertiary/aromatic N) is 1. The van der Waals surface area contributed by atoms with Crippen molar-refractivity contribution in [2.45, 2.75) is 118 Å². The molecule has 1 heterocycles. The Bertz CT molecular complexity index is 1080. The number of rotatable bonds is 6. The highest BCUT2D eigenvalue weighted by atomic mass is 16.5. The second-order valence-electron chi connectivity index (χ2n) is 14.0. The fourth-order valence-corrected chi connectivity index (χ4v) is 9.81. The number of imide groups is 1. The Morgan fingerprint density at radius 1 is 1.10 bits per heavy atom. The van der Waals surface area contributed by atoms with Gasteiger partial charge in [-0.25, -0.2) is 0 Å². The number of carbonyl (C=O) groups excluding carboxylic acids is 3. The van der Waals surface area contributed by atoms with Crippen LogP contribution in [-0.2, 0) is 23.9 Å². The molecule has 1 aliphatic heterocycles. The first-order valence-corrected chi connectivity index (χ1v) is 15.4. The number of allylic oxidation sites excluding steroid dienone is 2. The number of carbonyl (C=O) groups is 3. The van der Waals surface area contributed by atoms with Crippen LogP contribution < -0.4 is 0 Å². The first-order chi connectivity index (χ1) is 18.3. The van der Waals surface area contributed by atoms with E-state index < -0.39 is 0 Å². The predicted octanol–water partition coefficient (Wildman–Crippen LogP) is 6.59. The molecule has 9 atom stereocenters. The largest absolute Gasteiger partial charge is 0.494 e. The van der Waals surface area contributed by atoms with Crippen LogP contribution in [0.2, 0.25) is 0 Å². The van der Waals surface area contributed by atoms with Gasteiger partial charge in [0.25, 0.3) is 0 Å². The van der Waals surface area contributed by atoms with Crippen molar-refractivity contribution >= 4 is 17.8 Å². The number of fused-ring (bicyclic) bond motifs is 7. The number of hydrogen-bond acceptors (Lipinski definition) is 5. The highest BCUT2D eigenvalue weighted by Gasteiger charge is 2.63. The molecule has 0 aromatic carbocycles. The molecule has 0 bridgehead atoms. The molecule has 6 heteroatoms. The van der Waals surface area contributed by atoms with Gasteiger partial charge in [-0.2, -0.15) is 0 Å². The van der Waals surface area contributed by atoms with Crippen LogP contribution in [0.25, 0.3) is 0 Å². The minimum Gasteiger partial charge on any atom is -0.494 e. The number of ether oxygens (including phenoxy) is 2. The molecule has 0 unspecified atom stereocenters. The van der Waals surface area contributed by atoms with Crippen molar-refractivity contribution in [3.63, 3.8) is 0 Å². The summed E-state index contributed by atoms with van der Waals surface area (Å²) in [7, 11) is 0. The third-order valence-corrected chi connectivity index (χ3v) is 11.7.